The summed E-state index contributed by atoms with van der Waals surface area (Å²) in [6.07, 6.45) is 5.32. The van der Waals surface area contributed by atoms with Gasteiger partial charge in [0.2, 0.25) is 0 Å². The highest BCUT2D eigenvalue weighted by Crippen LogP contribution is 2.12. The fourth-order valence-corrected chi connectivity index (χ4v) is 2.54. The summed E-state index contributed by atoms with van der Waals surface area (Å²) in [7, 11) is 0. The topological polar surface area (TPSA) is 15.3 Å². The second-order valence-electron chi connectivity index (χ2n) is 4.35. The zero-order chi connectivity index (χ0) is 10.4. The van der Waals surface area contributed by atoms with Crippen molar-refractivity contribution in [3.8, 4) is 0 Å². The number of hydrogen-bond acceptors (Lipinski definition) is 2. The van der Waals surface area contributed by atoms with Crippen LogP contribution in [0.3, 0.4) is 0 Å². The Balaban J connectivity index is 2.35. The minimum Gasteiger partial charge on any atom is -0.313 e. The van der Waals surface area contributed by atoms with Crippen LogP contribution >= 0.6 is 0 Å². The van der Waals surface area contributed by atoms with E-state index in [9.17, 15) is 0 Å². The van der Waals surface area contributed by atoms with E-state index in [0.717, 1.165) is 12.1 Å². The van der Waals surface area contributed by atoms with E-state index in [1.54, 1.807) is 0 Å². The molecule has 0 aromatic carbocycles. The molecule has 1 fully saturated rings. The lowest BCUT2D eigenvalue weighted by atomic mass is 10.1. The molecule has 1 aliphatic rings. The monoisotopic (exact) mass is 198 g/mol. The van der Waals surface area contributed by atoms with Crippen molar-refractivity contribution in [1.29, 1.82) is 0 Å². The molecule has 0 aromatic heterocycles. The van der Waals surface area contributed by atoms with E-state index in [1.165, 1.54) is 45.3 Å². The lowest BCUT2D eigenvalue weighted by molar-refractivity contribution is 0.179. The third kappa shape index (κ3) is 3.25. The lowest BCUT2D eigenvalue weighted by Gasteiger charge is -2.31. The van der Waals surface area contributed by atoms with Gasteiger partial charge in [-0.15, -0.1) is 0 Å². The number of rotatable bonds is 6. The summed E-state index contributed by atoms with van der Waals surface area (Å²) in [5, 5.41) is 3.58. The van der Waals surface area contributed by atoms with Gasteiger partial charge in [-0.1, -0.05) is 20.8 Å². The maximum Gasteiger partial charge on any atom is 0.0195 e. The Morgan fingerprint density at radius 3 is 2.43 bits per heavy atom. The van der Waals surface area contributed by atoms with Crippen LogP contribution in [-0.2, 0) is 0 Å². The SMILES string of the molecule is CCC(CC)N(CC)CC1CCCN1. The normalized spacial score (nSPS) is 22.5. The smallest absolute Gasteiger partial charge is 0.0195 e. The Kier molecular flexibility index (Phi) is 5.49. The predicted octanol–water partition coefficient (Wildman–Crippen LogP) is 2.25. The highest BCUT2D eigenvalue weighted by molar-refractivity contribution is 4.80. The van der Waals surface area contributed by atoms with Gasteiger partial charge in [0, 0.05) is 18.6 Å². The average molecular weight is 198 g/mol. The summed E-state index contributed by atoms with van der Waals surface area (Å²) in [4.78, 5) is 2.64. The van der Waals surface area contributed by atoms with Crippen molar-refractivity contribution in [2.24, 2.45) is 0 Å². The molecule has 1 atom stereocenters. The average Bonchev–Trinajstić information content (AvgIpc) is 2.70. The third-order valence-corrected chi connectivity index (χ3v) is 3.48. The molecule has 0 amide bonds. The van der Waals surface area contributed by atoms with Crippen LogP contribution in [0, 0.1) is 0 Å². The molecule has 2 nitrogen and oxygen atoms in total. The molecule has 2 heteroatoms. The van der Waals surface area contributed by atoms with E-state index in [4.69, 9.17) is 0 Å². The zero-order valence-electron chi connectivity index (χ0n) is 10.1. The van der Waals surface area contributed by atoms with Crippen molar-refractivity contribution in [2.45, 2.75) is 58.5 Å². The van der Waals surface area contributed by atoms with Crippen molar-refractivity contribution < 1.29 is 0 Å². The van der Waals surface area contributed by atoms with E-state index in [2.05, 4.69) is 31.0 Å². The zero-order valence-corrected chi connectivity index (χ0v) is 10.1. The highest BCUT2D eigenvalue weighted by Gasteiger charge is 2.20. The van der Waals surface area contributed by atoms with Gasteiger partial charge < -0.3 is 5.32 Å². The van der Waals surface area contributed by atoms with Crippen LogP contribution in [0.5, 0.6) is 0 Å². The maximum absolute atomic E-state index is 3.58. The van der Waals surface area contributed by atoms with Gasteiger partial charge in [0.15, 0.2) is 0 Å². The second-order valence-corrected chi connectivity index (χ2v) is 4.35. The van der Waals surface area contributed by atoms with Crippen LogP contribution in [0.2, 0.25) is 0 Å². The fourth-order valence-electron chi connectivity index (χ4n) is 2.54. The Labute approximate surface area is 89.1 Å². The molecule has 0 aliphatic carbocycles. The van der Waals surface area contributed by atoms with E-state index >= 15 is 0 Å². The Morgan fingerprint density at radius 1 is 1.29 bits per heavy atom. The first kappa shape index (κ1) is 12.0. The van der Waals surface area contributed by atoms with Gasteiger partial charge in [0.1, 0.15) is 0 Å². The van der Waals surface area contributed by atoms with Gasteiger partial charge in [-0.05, 0) is 38.8 Å². The van der Waals surface area contributed by atoms with E-state index in [-0.39, 0.29) is 0 Å². The minimum absolute atomic E-state index is 0.760. The molecule has 1 rings (SSSR count). The highest BCUT2D eigenvalue weighted by atomic mass is 15.2. The first-order chi connectivity index (χ1) is 6.81. The van der Waals surface area contributed by atoms with Crippen molar-refractivity contribution in [1.82, 2.24) is 10.2 Å². The Bertz CT molecular complexity index is 137. The van der Waals surface area contributed by atoms with Gasteiger partial charge in [-0.3, -0.25) is 4.90 Å². The summed E-state index contributed by atoms with van der Waals surface area (Å²) >= 11 is 0. The number of nitrogens with one attached hydrogen (secondary N) is 1. The molecule has 0 aromatic rings. The predicted molar refractivity (Wildman–Crippen MR) is 62.6 cm³/mol. The molecule has 1 N–H and O–H groups in total. The van der Waals surface area contributed by atoms with Crippen LogP contribution in [0.15, 0.2) is 0 Å². The van der Waals surface area contributed by atoms with E-state index in [1.807, 2.05) is 0 Å². The molecule has 0 saturated carbocycles. The van der Waals surface area contributed by atoms with Crippen LogP contribution in [0.25, 0.3) is 0 Å². The number of likely N-dealkylation sites (N-methyl/N-ethyl adjacent to an activating group) is 1. The van der Waals surface area contributed by atoms with Crippen LogP contribution < -0.4 is 5.32 Å². The minimum atomic E-state index is 0.760. The Morgan fingerprint density at radius 2 is 2.00 bits per heavy atom. The van der Waals surface area contributed by atoms with Crippen LogP contribution in [0.1, 0.15) is 46.5 Å². The van der Waals surface area contributed by atoms with Crippen LogP contribution in [-0.4, -0.2) is 36.6 Å². The third-order valence-electron chi connectivity index (χ3n) is 3.48. The van der Waals surface area contributed by atoms with Gasteiger partial charge in [-0.2, -0.15) is 0 Å². The van der Waals surface area contributed by atoms with E-state index in [0.29, 0.717) is 0 Å². The summed E-state index contributed by atoms with van der Waals surface area (Å²) in [5.41, 5.74) is 0. The van der Waals surface area contributed by atoms with Crippen molar-refractivity contribution >= 4 is 0 Å². The summed E-state index contributed by atoms with van der Waals surface area (Å²) in [5.74, 6) is 0. The molecule has 1 aliphatic heterocycles. The second kappa shape index (κ2) is 6.41. The first-order valence-electron chi connectivity index (χ1n) is 6.29. The van der Waals surface area contributed by atoms with Gasteiger partial charge >= 0.3 is 0 Å². The summed E-state index contributed by atoms with van der Waals surface area (Å²) < 4.78 is 0. The molecule has 14 heavy (non-hydrogen) atoms. The van der Waals surface area contributed by atoms with Crippen molar-refractivity contribution in [3.63, 3.8) is 0 Å². The standard InChI is InChI=1S/C12H26N2/c1-4-12(5-2)14(6-3)10-11-8-7-9-13-11/h11-13H,4-10H2,1-3H3. The van der Waals surface area contributed by atoms with E-state index < -0.39 is 0 Å². The molecule has 1 heterocycles. The Hall–Kier alpha value is -0.0800. The summed E-state index contributed by atoms with van der Waals surface area (Å²) in [6.45, 7) is 10.6. The van der Waals surface area contributed by atoms with Crippen molar-refractivity contribution in [2.75, 3.05) is 19.6 Å². The molecule has 1 saturated heterocycles. The number of nitrogens with zero attached hydrogens (tertiary/aromatic N) is 1. The summed E-state index contributed by atoms with van der Waals surface area (Å²) in [6, 6.07) is 1.55. The lowest BCUT2D eigenvalue weighted by Crippen LogP contribution is -2.42. The number of hydrogen-bond donors (Lipinski definition) is 1. The fraction of sp³-hybridized carbons (Fsp3) is 1.00. The molecular formula is C12H26N2. The molecule has 1 unspecified atom stereocenters. The molecule has 84 valence electrons. The molecule has 0 bridgehead atoms. The largest absolute Gasteiger partial charge is 0.313 e. The maximum atomic E-state index is 3.58. The molecule has 0 radical (unpaired) electrons. The molecule has 0 spiro atoms. The van der Waals surface area contributed by atoms with Gasteiger partial charge in [0.05, 0.1) is 0 Å². The quantitative estimate of drug-likeness (QED) is 0.704. The van der Waals surface area contributed by atoms with Gasteiger partial charge in [0.25, 0.3) is 0 Å². The van der Waals surface area contributed by atoms with Crippen molar-refractivity contribution in [3.05, 3.63) is 0 Å². The van der Waals surface area contributed by atoms with Crippen LogP contribution in [0.4, 0.5) is 0 Å². The molecular weight excluding hydrogens is 172 g/mol. The first-order valence-corrected chi connectivity index (χ1v) is 6.29. The van der Waals surface area contributed by atoms with Gasteiger partial charge in [-0.25, -0.2) is 0 Å².